The molecule has 24 heavy (non-hydrogen) atoms. The Kier molecular flexibility index (Phi) is 3.82. The topological polar surface area (TPSA) is 46.3 Å². The van der Waals surface area contributed by atoms with Crippen LogP contribution in [0.2, 0.25) is 0 Å². The van der Waals surface area contributed by atoms with E-state index in [9.17, 15) is 9.59 Å². The minimum Gasteiger partial charge on any atom is -0.328 e. The summed E-state index contributed by atoms with van der Waals surface area (Å²) in [4.78, 5) is 29.8. The summed E-state index contributed by atoms with van der Waals surface area (Å²) >= 11 is 0. The van der Waals surface area contributed by atoms with Crippen LogP contribution in [0, 0.1) is 0 Å². The van der Waals surface area contributed by atoms with Gasteiger partial charge in [-0.2, -0.15) is 0 Å². The number of hydrogen-bond donors (Lipinski definition) is 2. The van der Waals surface area contributed by atoms with Crippen molar-refractivity contribution in [1.29, 1.82) is 0 Å². The van der Waals surface area contributed by atoms with Gasteiger partial charge >= 0.3 is 0 Å². The van der Waals surface area contributed by atoms with Crippen LogP contribution in [0.15, 0.2) is 42.5 Å². The number of rotatable bonds is 2. The summed E-state index contributed by atoms with van der Waals surface area (Å²) in [7, 11) is 2.18. The zero-order valence-electron chi connectivity index (χ0n) is 13.9. The van der Waals surface area contributed by atoms with E-state index in [4.69, 9.17) is 0 Å². The first kappa shape index (κ1) is 15.3. The number of quaternary nitrogens is 2. The largest absolute Gasteiger partial charge is 0.328 e. The first-order valence-corrected chi connectivity index (χ1v) is 8.65. The van der Waals surface area contributed by atoms with Crippen LogP contribution in [-0.2, 0) is 9.59 Å². The molecule has 2 N–H and O–H groups in total. The predicted molar refractivity (Wildman–Crippen MR) is 92.2 cm³/mol. The summed E-state index contributed by atoms with van der Waals surface area (Å²) in [6.07, 6.45) is 0.330. The van der Waals surface area contributed by atoms with Crippen molar-refractivity contribution in [3.05, 3.63) is 42.5 Å². The van der Waals surface area contributed by atoms with Gasteiger partial charge in [0.1, 0.15) is 26.2 Å². The third-order valence-corrected chi connectivity index (χ3v) is 5.39. The predicted octanol–water partition coefficient (Wildman–Crippen LogP) is -1.12. The number of anilines is 1. The normalized spacial score (nSPS) is 27.9. The molecule has 0 unspecified atom stereocenters. The molecule has 0 spiro atoms. The Hall–Kier alpha value is -2.24. The Bertz CT molecular complexity index is 791. The van der Waals surface area contributed by atoms with Gasteiger partial charge in [0.05, 0.1) is 19.2 Å². The molecular formula is C19H23N3O2+2. The van der Waals surface area contributed by atoms with Gasteiger partial charge < -0.3 is 9.80 Å². The van der Waals surface area contributed by atoms with Crippen molar-refractivity contribution in [2.24, 2.45) is 0 Å². The van der Waals surface area contributed by atoms with Crippen molar-refractivity contribution in [3.8, 4) is 0 Å². The third kappa shape index (κ3) is 2.50. The minimum absolute atomic E-state index is 0.0362. The van der Waals surface area contributed by atoms with E-state index in [0.717, 1.165) is 42.6 Å². The average molecular weight is 325 g/mol. The SMILES string of the molecule is C[NH+]1CC[NH+]([C@@H]2CC(=O)N(c3cccc4ccccc34)C2=O)CC1. The fourth-order valence-corrected chi connectivity index (χ4v) is 3.95. The lowest BCUT2D eigenvalue weighted by Gasteiger charge is -2.30. The van der Waals surface area contributed by atoms with E-state index in [1.54, 1.807) is 0 Å². The third-order valence-electron chi connectivity index (χ3n) is 5.39. The summed E-state index contributed by atoms with van der Waals surface area (Å²) in [5.74, 6) is -0.106. The molecule has 2 heterocycles. The van der Waals surface area contributed by atoms with Crippen LogP contribution in [-0.4, -0.2) is 51.1 Å². The number of carbonyl (C=O) groups excluding carboxylic acids is 2. The van der Waals surface area contributed by atoms with Crippen LogP contribution in [0.25, 0.3) is 10.8 Å². The highest BCUT2D eigenvalue weighted by atomic mass is 16.2. The summed E-state index contributed by atoms with van der Waals surface area (Å²) in [6, 6.07) is 13.5. The van der Waals surface area contributed by atoms with Gasteiger partial charge in [-0.15, -0.1) is 0 Å². The number of carbonyl (C=O) groups is 2. The molecule has 0 aromatic heterocycles. The fraction of sp³-hybridized carbons (Fsp3) is 0.368. The van der Waals surface area contributed by atoms with Gasteiger partial charge in [0.25, 0.3) is 5.91 Å². The minimum atomic E-state index is -0.218. The van der Waals surface area contributed by atoms with E-state index in [1.165, 1.54) is 14.7 Å². The number of likely N-dealkylation sites (N-methyl/N-ethyl adjacent to an activating group) is 1. The summed E-state index contributed by atoms with van der Waals surface area (Å²) in [5.41, 5.74) is 0.727. The first-order valence-electron chi connectivity index (χ1n) is 8.65. The molecule has 2 aliphatic rings. The molecule has 2 amide bonds. The van der Waals surface area contributed by atoms with Crippen LogP contribution >= 0.6 is 0 Å². The van der Waals surface area contributed by atoms with Crippen LogP contribution in [0.4, 0.5) is 5.69 Å². The van der Waals surface area contributed by atoms with Crippen molar-refractivity contribution in [3.63, 3.8) is 0 Å². The van der Waals surface area contributed by atoms with Crippen molar-refractivity contribution in [2.75, 3.05) is 38.1 Å². The lowest BCUT2D eigenvalue weighted by molar-refractivity contribution is -1.01. The Morgan fingerprint density at radius 3 is 2.46 bits per heavy atom. The summed E-state index contributed by atoms with van der Waals surface area (Å²) < 4.78 is 0. The highest BCUT2D eigenvalue weighted by molar-refractivity contribution is 6.24. The molecule has 5 nitrogen and oxygen atoms in total. The Labute approximate surface area is 141 Å². The number of fused-ring (bicyclic) bond motifs is 1. The molecule has 2 aromatic carbocycles. The second-order valence-electron chi connectivity index (χ2n) is 6.94. The van der Waals surface area contributed by atoms with Crippen molar-refractivity contribution in [1.82, 2.24) is 0 Å². The highest BCUT2D eigenvalue weighted by Crippen LogP contribution is 2.30. The van der Waals surface area contributed by atoms with E-state index in [0.29, 0.717) is 6.42 Å². The standard InChI is InChI=1S/C19H21N3O2/c1-20-9-11-21(12-10-20)17-13-18(23)22(19(17)24)16-8-4-6-14-5-2-3-7-15(14)16/h2-8,17H,9-13H2,1H3/p+2/t17-/m1/s1. The number of piperazine rings is 1. The van der Waals surface area contributed by atoms with Crippen LogP contribution in [0.3, 0.4) is 0 Å². The van der Waals surface area contributed by atoms with Crippen LogP contribution < -0.4 is 14.7 Å². The second kappa shape index (κ2) is 6.00. The van der Waals surface area contributed by atoms with Crippen molar-refractivity contribution >= 4 is 28.3 Å². The Balaban J connectivity index is 1.66. The van der Waals surface area contributed by atoms with E-state index in [2.05, 4.69) is 7.05 Å². The number of benzene rings is 2. The Morgan fingerprint density at radius 1 is 0.958 bits per heavy atom. The fourth-order valence-electron chi connectivity index (χ4n) is 3.95. The highest BCUT2D eigenvalue weighted by Gasteiger charge is 2.47. The molecule has 4 rings (SSSR count). The van der Waals surface area contributed by atoms with Crippen LogP contribution in [0.1, 0.15) is 6.42 Å². The van der Waals surface area contributed by atoms with E-state index >= 15 is 0 Å². The Morgan fingerprint density at radius 2 is 1.67 bits per heavy atom. The van der Waals surface area contributed by atoms with Gasteiger partial charge in [-0.05, 0) is 11.5 Å². The van der Waals surface area contributed by atoms with Gasteiger partial charge in [-0.3, -0.25) is 9.59 Å². The number of nitrogens with one attached hydrogen (secondary N) is 2. The maximum atomic E-state index is 13.0. The average Bonchev–Trinajstić information content (AvgIpc) is 2.90. The molecule has 2 aromatic rings. The van der Waals surface area contributed by atoms with E-state index in [1.807, 2.05) is 42.5 Å². The molecule has 0 saturated carbocycles. The van der Waals surface area contributed by atoms with E-state index < -0.39 is 0 Å². The molecule has 5 heteroatoms. The number of amides is 2. The maximum absolute atomic E-state index is 13.0. The lowest BCUT2D eigenvalue weighted by Crippen LogP contribution is -3.29. The van der Waals surface area contributed by atoms with E-state index in [-0.39, 0.29) is 17.9 Å². The molecule has 0 aliphatic carbocycles. The van der Waals surface area contributed by atoms with Crippen molar-refractivity contribution < 1.29 is 19.4 Å². The number of nitrogens with zero attached hydrogens (tertiary/aromatic N) is 1. The zero-order valence-corrected chi connectivity index (χ0v) is 13.9. The molecule has 2 aliphatic heterocycles. The lowest BCUT2D eigenvalue weighted by atomic mass is 10.1. The quantitative estimate of drug-likeness (QED) is 0.688. The number of hydrogen-bond acceptors (Lipinski definition) is 2. The van der Waals surface area contributed by atoms with Gasteiger partial charge in [-0.1, -0.05) is 36.4 Å². The monoisotopic (exact) mass is 325 g/mol. The first-order chi connectivity index (χ1) is 11.6. The second-order valence-corrected chi connectivity index (χ2v) is 6.94. The molecule has 1 atom stereocenters. The van der Waals surface area contributed by atoms with Gasteiger partial charge in [-0.25, -0.2) is 4.90 Å². The molecule has 2 saturated heterocycles. The maximum Gasteiger partial charge on any atom is 0.292 e. The zero-order chi connectivity index (χ0) is 16.7. The van der Waals surface area contributed by atoms with Crippen molar-refractivity contribution in [2.45, 2.75) is 12.5 Å². The smallest absolute Gasteiger partial charge is 0.292 e. The molecule has 2 fully saturated rings. The van der Waals surface area contributed by atoms with Gasteiger partial charge in [0, 0.05) is 5.39 Å². The summed E-state index contributed by atoms with van der Waals surface area (Å²) in [5, 5.41) is 2.01. The van der Waals surface area contributed by atoms with Crippen LogP contribution in [0.5, 0.6) is 0 Å². The molecular weight excluding hydrogens is 302 g/mol. The molecule has 0 bridgehead atoms. The van der Waals surface area contributed by atoms with Gasteiger partial charge in [0.2, 0.25) is 5.91 Å². The van der Waals surface area contributed by atoms with Gasteiger partial charge in [0.15, 0.2) is 6.04 Å². The summed E-state index contributed by atoms with van der Waals surface area (Å²) in [6.45, 7) is 4.03. The number of imide groups is 1. The molecule has 0 radical (unpaired) electrons. The molecule has 124 valence electrons.